The Labute approximate surface area is 189 Å². The highest BCUT2D eigenvalue weighted by molar-refractivity contribution is 5.88. The first-order valence-electron chi connectivity index (χ1n) is 10.2. The van der Waals surface area contributed by atoms with Gasteiger partial charge in [0.2, 0.25) is 5.82 Å². The standard InChI is InChI=1S/C22H24N6O5/c1-3-33-21(30)27-18-11-17(19(28(31)32)20(23)26-18)22(9-4-10-25-22)12-16(29)13-24-15-7-5-14(2)6-8-15/h4-11,24H,3,12-13H2,1-2H3,(H3,23,26,27,30). The lowest BCUT2D eigenvalue weighted by Crippen LogP contribution is -2.29. The van der Waals surface area contributed by atoms with Gasteiger partial charge in [0.05, 0.1) is 23.6 Å². The smallest absolute Gasteiger partial charge is 0.412 e. The Kier molecular flexibility index (Phi) is 7.01. The number of hydrogen-bond donors (Lipinski definition) is 3. The molecule has 0 radical (unpaired) electrons. The highest BCUT2D eigenvalue weighted by atomic mass is 16.6. The number of aromatic nitrogens is 1. The lowest BCUT2D eigenvalue weighted by atomic mass is 9.85. The number of allylic oxidation sites excluding steroid dienone is 1. The summed E-state index contributed by atoms with van der Waals surface area (Å²) in [6.07, 6.45) is 3.69. The summed E-state index contributed by atoms with van der Waals surface area (Å²) >= 11 is 0. The van der Waals surface area contributed by atoms with Gasteiger partial charge in [-0.25, -0.2) is 9.78 Å². The minimum atomic E-state index is -1.36. The molecule has 1 aromatic carbocycles. The van der Waals surface area contributed by atoms with Crippen molar-refractivity contribution in [1.29, 1.82) is 0 Å². The molecule has 172 valence electrons. The van der Waals surface area contributed by atoms with Gasteiger partial charge in [-0.3, -0.25) is 25.2 Å². The van der Waals surface area contributed by atoms with Crippen LogP contribution in [-0.2, 0) is 15.1 Å². The summed E-state index contributed by atoms with van der Waals surface area (Å²) in [5.74, 6) is -0.695. The molecule has 0 saturated heterocycles. The predicted octanol–water partition coefficient (Wildman–Crippen LogP) is 3.36. The van der Waals surface area contributed by atoms with Gasteiger partial charge in [-0.05, 0) is 38.1 Å². The number of nitrogens with zero attached hydrogens (tertiary/aromatic N) is 3. The second-order valence-electron chi connectivity index (χ2n) is 7.39. The van der Waals surface area contributed by atoms with E-state index in [1.54, 1.807) is 19.1 Å². The third-order valence-corrected chi connectivity index (χ3v) is 4.95. The van der Waals surface area contributed by atoms with Crippen molar-refractivity contribution < 1.29 is 19.2 Å². The van der Waals surface area contributed by atoms with Gasteiger partial charge in [-0.2, -0.15) is 0 Å². The summed E-state index contributed by atoms with van der Waals surface area (Å²) in [6.45, 7) is 3.71. The Balaban J connectivity index is 1.91. The summed E-state index contributed by atoms with van der Waals surface area (Å²) in [5.41, 5.74) is 5.92. The van der Waals surface area contributed by atoms with Gasteiger partial charge in [0.1, 0.15) is 11.4 Å². The summed E-state index contributed by atoms with van der Waals surface area (Å²) in [5, 5.41) is 17.2. The summed E-state index contributed by atoms with van der Waals surface area (Å²) in [4.78, 5) is 44.1. The van der Waals surface area contributed by atoms with Crippen molar-refractivity contribution in [1.82, 2.24) is 4.98 Å². The van der Waals surface area contributed by atoms with Crippen molar-refractivity contribution >= 4 is 41.1 Å². The van der Waals surface area contributed by atoms with Crippen LogP contribution in [0.3, 0.4) is 0 Å². The number of nitrogen functional groups attached to an aromatic ring is 1. The highest BCUT2D eigenvalue weighted by Crippen LogP contribution is 2.42. The largest absolute Gasteiger partial charge is 0.450 e. The van der Waals surface area contributed by atoms with Crippen LogP contribution in [0.2, 0.25) is 0 Å². The van der Waals surface area contributed by atoms with Crippen LogP contribution < -0.4 is 16.4 Å². The molecule has 1 unspecified atom stereocenters. The first-order chi connectivity index (χ1) is 15.7. The highest BCUT2D eigenvalue weighted by Gasteiger charge is 2.40. The molecule has 1 aromatic heterocycles. The third-order valence-electron chi connectivity index (χ3n) is 4.95. The van der Waals surface area contributed by atoms with Gasteiger partial charge in [0.15, 0.2) is 5.78 Å². The number of nitrogens with two attached hydrogens (primary N) is 1. The number of aliphatic imine (C=N–C) groups is 1. The number of nitrogens with one attached hydrogen (secondary N) is 2. The van der Waals surface area contributed by atoms with Crippen LogP contribution in [-0.4, -0.2) is 41.2 Å². The Hall–Kier alpha value is -4.28. The lowest BCUT2D eigenvalue weighted by molar-refractivity contribution is -0.385. The summed E-state index contributed by atoms with van der Waals surface area (Å²) in [7, 11) is 0. The molecule has 33 heavy (non-hydrogen) atoms. The monoisotopic (exact) mass is 452 g/mol. The van der Waals surface area contributed by atoms with E-state index in [0.717, 1.165) is 11.3 Å². The lowest BCUT2D eigenvalue weighted by Gasteiger charge is -2.25. The molecule has 1 amide bonds. The van der Waals surface area contributed by atoms with Crippen LogP contribution in [0.1, 0.15) is 24.5 Å². The molecule has 0 bridgehead atoms. The number of benzene rings is 1. The number of amides is 1. The van der Waals surface area contributed by atoms with Gasteiger partial charge in [-0.1, -0.05) is 23.8 Å². The zero-order valence-electron chi connectivity index (χ0n) is 18.2. The summed E-state index contributed by atoms with van der Waals surface area (Å²) in [6, 6.07) is 8.83. The van der Waals surface area contributed by atoms with Gasteiger partial charge in [0.25, 0.3) is 0 Å². The van der Waals surface area contributed by atoms with Gasteiger partial charge in [0, 0.05) is 18.3 Å². The van der Waals surface area contributed by atoms with Crippen LogP contribution in [0.4, 0.5) is 27.8 Å². The molecule has 11 nitrogen and oxygen atoms in total. The number of carbonyl (C=O) groups excluding carboxylic acids is 2. The molecule has 1 aliphatic rings. The second-order valence-corrected chi connectivity index (χ2v) is 7.39. The molecule has 2 aromatic rings. The number of ketones is 1. The molecule has 0 fully saturated rings. The molecular formula is C22H24N6O5. The Morgan fingerprint density at radius 3 is 2.61 bits per heavy atom. The van der Waals surface area contributed by atoms with Crippen molar-refractivity contribution in [3.05, 3.63) is 63.7 Å². The van der Waals surface area contributed by atoms with Gasteiger partial charge >= 0.3 is 11.8 Å². The Morgan fingerprint density at radius 1 is 1.27 bits per heavy atom. The molecule has 0 spiro atoms. The molecule has 1 atom stereocenters. The molecule has 0 saturated carbocycles. The topological polar surface area (TPSA) is 162 Å². The molecule has 3 rings (SSSR count). The second kappa shape index (κ2) is 9.90. The fourth-order valence-electron chi connectivity index (χ4n) is 3.43. The van der Waals surface area contributed by atoms with E-state index in [9.17, 15) is 19.7 Å². The maximum absolute atomic E-state index is 12.9. The van der Waals surface area contributed by atoms with Crippen LogP contribution in [0, 0.1) is 17.0 Å². The molecule has 11 heteroatoms. The number of hydrogen-bond acceptors (Lipinski definition) is 9. The number of rotatable bonds is 9. The molecule has 4 N–H and O–H groups in total. The molecule has 0 aliphatic carbocycles. The number of Topliss-reactive ketones (excluding diaryl/α,β-unsaturated/α-hetero) is 1. The molecule has 1 aliphatic heterocycles. The third kappa shape index (κ3) is 5.50. The van der Waals surface area contributed by atoms with E-state index in [4.69, 9.17) is 10.5 Å². The molecular weight excluding hydrogens is 428 g/mol. The van der Waals surface area contributed by atoms with Crippen molar-refractivity contribution in [2.45, 2.75) is 25.8 Å². The number of carbonyl (C=O) groups is 2. The minimum Gasteiger partial charge on any atom is -0.450 e. The van der Waals surface area contributed by atoms with E-state index in [2.05, 4.69) is 20.6 Å². The van der Waals surface area contributed by atoms with E-state index >= 15 is 0 Å². The first kappa shape index (κ1) is 23.4. The number of anilines is 3. The maximum atomic E-state index is 12.9. The number of ether oxygens (including phenoxy) is 1. The number of aryl methyl sites for hydroxylation is 1. The van der Waals surface area contributed by atoms with Crippen molar-refractivity contribution in [2.75, 3.05) is 29.5 Å². The number of pyridine rings is 1. The number of nitro groups is 1. The average Bonchev–Trinajstić information content (AvgIpc) is 3.22. The van der Waals surface area contributed by atoms with Crippen LogP contribution in [0.15, 0.2) is 47.5 Å². The van der Waals surface area contributed by atoms with Crippen molar-refractivity contribution in [3.63, 3.8) is 0 Å². The molecule has 2 heterocycles. The van der Waals surface area contributed by atoms with Crippen molar-refractivity contribution in [2.24, 2.45) is 4.99 Å². The maximum Gasteiger partial charge on any atom is 0.412 e. The van der Waals surface area contributed by atoms with Gasteiger partial charge < -0.3 is 15.8 Å². The van der Waals surface area contributed by atoms with Crippen LogP contribution in [0.25, 0.3) is 0 Å². The predicted molar refractivity (Wildman–Crippen MR) is 125 cm³/mol. The normalized spacial score (nSPS) is 16.4. The quantitative estimate of drug-likeness (QED) is 0.385. The van der Waals surface area contributed by atoms with E-state index in [0.29, 0.717) is 0 Å². The Bertz CT molecular complexity index is 1110. The van der Waals surface area contributed by atoms with E-state index in [-0.39, 0.29) is 36.7 Å². The van der Waals surface area contributed by atoms with Gasteiger partial charge in [-0.15, -0.1) is 0 Å². The summed E-state index contributed by atoms with van der Waals surface area (Å²) < 4.78 is 4.83. The SMILES string of the molecule is CCOC(=O)Nc1cc(C2(CC(=O)CNc3ccc(C)cc3)C=CC=N2)c([N+](=O)[O-])c(N)n1. The minimum absolute atomic E-state index is 0.00350. The van der Waals surface area contributed by atoms with Crippen molar-refractivity contribution in [3.8, 4) is 0 Å². The van der Waals surface area contributed by atoms with E-state index in [1.807, 2.05) is 31.2 Å². The van der Waals surface area contributed by atoms with E-state index < -0.39 is 28.1 Å². The van der Waals surface area contributed by atoms with Crippen LogP contribution >= 0.6 is 0 Å². The average molecular weight is 452 g/mol. The van der Waals surface area contributed by atoms with E-state index in [1.165, 1.54) is 12.3 Å². The first-order valence-corrected chi connectivity index (χ1v) is 10.2. The Morgan fingerprint density at radius 2 is 2.00 bits per heavy atom. The zero-order chi connectivity index (χ0) is 24.0. The fourth-order valence-corrected chi connectivity index (χ4v) is 3.43. The zero-order valence-corrected chi connectivity index (χ0v) is 18.2. The van der Waals surface area contributed by atoms with Crippen LogP contribution in [0.5, 0.6) is 0 Å². The fraction of sp³-hybridized carbons (Fsp3) is 0.273.